The number of nitrogens with one attached hydrogen (secondary N) is 1. The first-order valence-electron chi connectivity index (χ1n) is 7.15. The van der Waals surface area contributed by atoms with Gasteiger partial charge in [-0.05, 0) is 45.0 Å². The van der Waals surface area contributed by atoms with E-state index >= 15 is 0 Å². The molecular weight excluding hydrogens is 275 g/mol. The molecule has 114 valence electrons. The second-order valence-electron chi connectivity index (χ2n) is 5.96. The lowest BCUT2D eigenvalue weighted by Crippen LogP contribution is -2.50. The molecule has 3 rings (SSSR count). The highest BCUT2D eigenvalue weighted by atomic mass is 19.1. The quantitative estimate of drug-likeness (QED) is 0.889. The molecule has 0 spiro atoms. The summed E-state index contributed by atoms with van der Waals surface area (Å²) in [4.78, 5) is 19.0. The second kappa shape index (κ2) is 5.27. The Hall–Kier alpha value is -1.66. The van der Waals surface area contributed by atoms with E-state index < -0.39 is 11.5 Å². The van der Waals surface area contributed by atoms with Gasteiger partial charge in [0.25, 0.3) is 0 Å². The summed E-state index contributed by atoms with van der Waals surface area (Å²) < 4.78 is 13.3. The molecule has 1 atom stereocenters. The number of fused-ring (bicyclic) bond motifs is 1. The molecule has 2 aliphatic heterocycles. The summed E-state index contributed by atoms with van der Waals surface area (Å²) in [5.74, 6) is -0.723. The van der Waals surface area contributed by atoms with Crippen molar-refractivity contribution in [3.8, 4) is 5.75 Å². The van der Waals surface area contributed by atoms with Gasteiger partial charge in [-0.2, -0.15) is 0 Å². The molecule has 1 saturated heterocycles. The number of hydrogen-bond donors (Lipinski definition) is 2. The maximum Gasteiger partial charge on any atom is 0.305 e. The molecule has 0 radical (unpaired) electrons. The molecule has 6 heteroatoms. The van der Waals surface area contributed by atoms with Crippen molar-refractivity contribution in [1.82, 2.24) is 10.4 Å². The third-order valence-corrected chi connectivity index (χ3v) is 4.61. The number of aliphatic carboxylic acids is 1. The topological polar surface area (TPSA) is 61.8 Å². The molecular formula is C15H19FN2O3. The Bertz CT molecular complexity index is 558. The smallest absolute Gasteiger partial charge is 0.305 e. The fourth-order valence-corrected chi connectivity index (χ4v) is 3.47. The Morgan fingerprint density at radius 3 is 2.90 bits per heavy atom. The summed E-state index contributed by atoms with van der Waals surface area (Å²) in [5, 5.41) is 9.32. The number of rotatable bonds is 3. The lowest BCUT2D eigenvalue weighted by Gasteiger charge is -2.40. The van der Waals surface area contributed by atoms with Crippen LogP contribution < -0.4 is 10.3 Å². The standard InChI is InChI=1S/C15H19FN2O3/c1-18-6-4-10(5-7-18)15(9-14(19)20)12-3-2-11(16)8-13(12)21-17-15/h2-3,8,10,17H,4-7,9H2,1H3,(H,19,20). The summed E-state index contributed by atoms with van der Waals surface area (Å²) >= 11 is 0. The maximum absolute atomic E-state index is 13.3. The van der Waals surface area contributed by atoms with E-state index in [2.05, 4.69) is 17.4 Å². The van der Waals surface area contributed by atoms with E-state index in [4.69, 9.17) is 4.84 Å². The van der Waals surface area contributed by atoms with Gasteiger partial charge in [-0.1, -0.05) is 6.07 Å². The lowest BCUT2D eigenvalue weighted by atomic mass is 9.72. The van der Waals surface area contributed by atoms with E-state index in [-0.39, 0.29) is 18.2 Å². The fraction of sp³-hybridized carbons (Fsp3) is 0.533. The van der Waals surface area contributed by atoms with Gasteiger partial charge in [0.15, 0.2) is 5.75 Å². The molecule has 2 aliphatic rings. The van der Waals surface area contributed by atoms with Crippen LogP contribution in [0.3, 0.4) is 0 Å². The van der Waals surface area contributed by atoms with Crippen molar-refractivity contribution in [2.75, 3.05) is 20.1 Å². The third-order valence-electron chi connectivity index (χ3n) is 4.61. The van der Waals surface area contributed by atoms with Crippen LogP contribution >= 0.6 is 0 Å². The van der Waals surface area contributed by atoms with Gasteiger partial charge in [-0.25, -0.2) is 4.39 Å². The minimum absolute atomic E-state index is 0.0694. The van der Waals surface area contributed by atoms with Crippen molar-refractivity contribution in [1.29, 1.82) is 0 Å². The summed E-state index contributed by atoms with van der Waals surface area (Å²) in [5.41, 5.74) is 2.90. The van der Waals surface area contributed by atoms with Crippen LogP contribution in [0.25, 0.3) is 0 Å². The van der Waals surface area contributed by atoms with Gasteiger partial charge >= 0.3 is 5.97 Å². The number of likely N-dealkylation sites (tertiary alicyclic amines) is 1. The highest BCUT2D eigenvalue weighted by Crippen LogP contribution is 2.46. The number of hydroxylamine groups is 1. The second-order valence-corrected chi connectivity index (χ2v) is 5.96. The Morgan fingerprint density at radius 2 is 2.24 bits per heavy atom. The Kier molecular flexibility index (Phi) is 3.59. The van der Waals surface area contributed by atoms with Gasteiger partial charge < -0.3 is 14.8 Å². The first kappa shape index (κ1) is 14.3. The van der Waals surface area contributed by atoms with Gasteiger partial charge in [0.1, 0.15) is 5.82 Å². The monoisotopic (exact) mass is 294 g/mol. The molecule has 1 aromatic carbocycles. The van der Waals surface area contributed by atoms with Crippen LogP contribution in [0.15, 0.2) is 18.2 Å². The van der Waals surface area contributed by atoms with E-state index in [0.29, 0.717) is 5.75 Å². The Morgan fingerprint density at radius 1 is 1.52 bits per heavy atom. The van der Waals surface area contributed by atoms with E-state index in [1.54, 1.807) is 6.07 Å². The third kappa shape index (κ3) is 2.49. The van der Waals surface area contributed by atoms with Gasteiger partial charge in [-0.15, -0.1) is 5.48 Å². The highest BCUT2D eigenvalue weighted by molar-refractivity contribution is 5.70. The molecule has 5 nitrogen and oxygen atoms in total. The van der Waals surface area contributed by atoms with Crippen LogP contribution in [-0.2, 0) is 10.3 Å². The van der Waals surface area contributed by atoms with Crippen LogP contribution in [0.5, 0.6) is 5.75 Å². The van der Waals surface area contributed by atoms with Gasteiger partial charge in [0.2, 0.25) is 0 Å². The molecule has 1 fully saturated rings. The van der Waals surface area contributed by atoms with Crippen LogP contribution in [-0.4, -0.2) is 36.1 Å². The van der Waals surface area contributed by atoms with Gasteiger partial charge in [-0.3, -0.25) is 4.79 Å². The van der Waals surface area contributed by atoms with Crippen molar-refractivity contribution in [2.24, 2.45) is 5.92 Å². The number of piperidine rings is 1. The average molecular weight is 294 g/mol. The average Bonchev–Trinajstić information content (AvgIpc) is 2.78. The van der Waals surface area contributed by atoms with E-state index in [9.17, 15) is 14.3 Å². The van der Waals surface area contributed by atoms with E-state index in [0.717, 1.165) is 31.5 Å². The largest absolute Gasteiger partial charge is 0.481 e. The maximum atomic E-state index is 13.3. The predicted molar refractivity (Wildman–Crippen MR) is 74.3 cm³/mol. The normalized spacial score (nSPS) is 26.4. The molecule has 0 saturated carbocycles. The summed E-state index contributed by atoms with van der Waals surface area (Å²) in [6.45, 7) is 1.84. The van der Waals surface area contributed by atoms with Crippen LogP contribution in [0.1, 0.15) is 24.8 Å². The number of nitrogens with zero attached hydrogens (tertiary/aromatic N) is 1. The first-order chi connectivity index (χ1) is 10.0. The molecule has 2 heterocycles. The number of carboxylic acids is 1. The van der Waals surface area contributed by atoms with Crippen molar-refractivity contribution >= 4 is 5.97 Å². The highest BCUT2D eigenvalue weighted by Gasteiger charge is 2.49. The zero-order valence-electron chi connectivity index (χ0n) is 11.9. The molecule has 1 aromatic rings. The SMILES string of the molecule is CN1CCC(C2(CC(=O)O)NOc3cc(F)ccc32)CC1. The zero-order valence-corrected chi connectivity index (χ0v) is 11.9. The predicted octanol–water partition coefficient (Wildman–Crippen LogP) is 1.73. The molecule has 1 unspecified atom stereocenters. The van der Waals surface area contributed by atoms with E-state index in [1.165, 1.54) is 12.1 Å². The Labute approximate surface area is 122 Å². The number of carboxylic acid groups (broad SMARTS) is 1. The van der Waals surface area contributed by atoms with Gasteiger partial charge in [0.05, 0.1) is 12.0 Å². The fourth-order valence-electron chi connectivity index (χ4n) is 3.47. The molecule has 0 aromatic heterocycles. The molecule has 0 bridgehead atoms. The molecule has 2 N–H and O–H groups in total. The summed E-state index contributed by atoms with van der Waals surface area (Å²) in [6.07, 6.45) is 1.70. The van der Waals surface area contributed by atoms with Crippen LogP contribution in [0.4, 0.5) is 4.39 Å². The van der Waals surface area contributed by atoms with Gasteiger partial charge in [0, 0.05) is 11.6 Å². The summed E-state index contributed by atoms with van der Waals surface area (Å²) in [7, 11) is 2.06. The number of benzene rings is 1. The lowest BCUT2D eigenvalue weighted by molar-refractivity contribution is -0.140. The number of carbonyl (C=O) groups is 1. The van der Waals surface area contributed by atoms with E-state index in [1.807, 2.05) is 0 Å². The van der Waals surface area contributed by atoms with Crippen LogP contribution in [0, 0.1) is 11.7 Å². The molecule has 0 aliphatic carbocycles. The van der Waals surface area contributed by atoms with Crippen molar-refractivity contribution in [3.05, 3.63) is 29.6 Å². The first-order valence-corrected chi connectivity index (χ1v) is 7.15. The minimum Gasteiger partial charge on any atom is -0.481 e. The minimum atomic E-state index is -0.887. The zero-order chi connectivity index (χ0) is 15.0. The van der Waals surface area contributed by atoms with Crippen molar-refractivity contribution < 1.29 is 19.1 Å². The summed E-state index contributed by atoms with van der Waals surface area (Å²) in [6, 6.07) is 4.31. The van der Waals surface area contributed by atoms with Crippen molar-refractivity contribution in [3.63, 3.8) is 0 Å². The Balaban J connectivity index is 1.98. The van der Waals surface area contributed by atoms with Crippen LogP contribution in [0.2, 0.25) is 0 Å². The van der Waals surface area contributed by atoms with Crippen molar-refractivity contribution in [2.45, 2.75) is 24.8 Å². The number of halogens is 1. The number of hydrogen-bond acceptors (Lipinski definition) is 4. The molecule has 0 amide bonds. The molecule has 21 heavy (non-hydrogen) atoms.